The van der Waals surface area contributed by atoms with Gasteiger partial charge in [-0.2, -0.15) is 0 Å². The van der Waals surface area contributed by atoms with Crippen molar-refractivity contribution in [1.29, 1.82) is 0 Å². The van der Waals surface area contributed by atoms with Gasteiger partial charge in [0.05, 0.1) is 6.42 Å². The molecule has 130 valence electrons. The second-order valence-corrected chi connectivity index (χ2v) is 5.18. The highest BCUT2D eigenvalue weighted by Crippen LogP contribution is 2.22. The first-order valence-electron chi connectivity index (χ1n) is 7.89. The van der Waals surface area contributed by atoms with Crippen molar-refractivity contribution < 1.29 is 19.1 Å². The standard InChI is InChI=1S/C22H18O4/c1-3-20(23)7-5-6-17-8-10-18(11-9-17)19-12-14-21(15-13-19)25-16-26-22(24)4-2/h3-4,8-15H,1-2,7,16H2. The van der Waals surface area contributed by atoms with Crippen LogP contribution in [0.5, 0.6) is 5.75 Å². The fraction of sp³-hybridized carbons (Fsp3) is 0.0909. The summed E-state index contributed by atoms with van der Waals surface area (Å²) >= 11 is 0. The second-order valence-electron chi connectivity index (χ2n) is 5.18. The van der Waals surface area contributed by atoms with Crippen LogP contribution in [0.4, 0.5) is 0 Å². The molecule has 0 fully saturated rings. The predicted octanol–water partition coefficient (Wildman–Crippen LogP) is 3.92. The van der Waals surface area contributed by atoms with E-state index in [0.717, 1.165) is 22.8 Å². The molecule has 2 rings (SSSR count). The van der Waals surface area contributed by atoms with Crippen molar-refractivity contribution in [2.45, 2.75) is 6.42 Å². The molecule has 0 saturated heterocycles. The van der Waals surface area contributed by atoms with Crippen molar-refractivity contribution in [3.05, 3.63) is 79.4 Å². The minimum atomic E-state index is -0.529. The molecule has 2 aromatic carbocycles. The summed E-state index contributed by atoms with van der Waals surface area (Å²) < 4.78 is 10.1. The van der Waals surface area contributed by atoms with Gasteiger partial charge in [0.25, 0.3) is 0 Å². The van der Waals surface area contributed by atoms with Crippen LogP contribution in [0.3, 0.4) is 0 Å². The second kappa shape index (κ2) is 9.65. The average molecular weight is 346 g/mol. The van der Waals surface area contributed by atoms with Gasteiger partial charge in [-0.3, -0.25) is 4.79 Å². The first-order valence-corrected chi connectivity index (χ1v) is 7.89. The van der Waals surface area contributed by atoms with E-state index in [1.165, 1.54) is 6.08 Å². The molecule has 0 saturated carbocycles. The molecule has 0 aliphatic rings. The van der Waals surface area contributed by atoms with Gasteiger partial charge < -0.3 is 9.47 Å². The highest BCUT2D eigenvalue weighted by molar-refractivity contribution is 5.90. The van der Waals surface area contributed by atoms with Gasteiger partial charge in [-0.25, -0.2) is 4.79 Å². The van der Waals surface area contributed by atoms with Crippen LogP contribution in [0.2, 0.25) is 0 Å². The zero-order chi connectivity index (χ0) is 18.8. The van der Waals surface area contributed by atoms with Gasteiger partial charge in [-0.15, -0.1) is 0 Å². The van der Waals surface area contributed by atoms with E-state index in [-0.39, 0.29) is 19.0 Å². The fourth-order valence-corrected chi connectivity index (χ4v) is 2.01. The van der Waals surface area contributed by atoms with Gasteiger partial charge in [0.2, 0.25) is 6.79 Å². The zero-order valence-corrected chi connectivity index (χ0v) is 14.2. The van der Waals surface area contributed by atoms with Gasteiger partial charge in [0.1, 0.15) is 5.75 Å². The minimum Gasteiger partial charge on any atom is -0.457 e. The quantitative estimate of drug-likeness (QED) is 0.330. The lowest BCUT2D eigenvalue weighted by Crippen LogP contribution is -2.07. The van der Waals surface area contributed by atoms with Crippen LogP contribution in [-0.4, -0.2) is 18.5 Å². The molecular weight excluding hydrogens is 328 g/mol. The van der Waals surface area contributed by atoms with E-state index in [9.17, 15) is 9.59 Å². The largest absolute Gasteiger partial charge is 0.457 e. The van der Waals surface area contributed by atoms with Gasteiger partial charge in [-0.1, -0.05) is 49.3 Å². The van der Waals surface area contributed by atoms with Crippen molar-refractivity contribution in [2.75, 3.05) is 6.79 Å². The van der Waals surface area contributed by atoms with Gasteiger partial charge >= 0.3 is 5.97 Å². The smallest absolute Gasteiger partial charge is 0.333 e. The number of hydrogen-bond acceptors (Lipinski definition) is 4. The summed E-state index contributed by atoms with van der Waals surface area (Å²) in [5, 5.41) is 0. The first-order chi connectivity index (χ1) is 12.6. The summed E-state index contributed by atoms with van der Waals surface area (Å²) in [5.74, 6) is 5.75. The molecule has 2 aromatic rings. The molecule has 0 bridgehead atoms. The normalized spacial score (nSPS) is 9.38. The molecule has 0 heterocycles. The molecule has 0 aliphatic heterocycles. The van der Waals surface area contributed by atoms with Crippen LogP contribution < -0.4 is 4.74 Å². The lowest BCUT2D eigenvalue weighted by atomic mass is 10.0. The summed E-state index contributed by atoms with van der Waals surface area (Å²) in [5.41, 5.74) is 2.89. The van der Waals surface area contributed by atoms with E-state index in [2.05, 4.69) is 25.0 Å². The van der Waals surface area contributed by atoms with Crippen molar-refractivity contribution in [3.8, 4) is 28.7 Å². The molecule has 0 aromatic heterocycles. The molecule has 0 amide bonds. The molecule has 0 atom stereocenters. The Morgan fingerprint density at radius 2 is 1.54 bits per heavy atom. The number of carbonyl (C=O) groups excluding carboxylic acids is 2. The van der Waals surface area contributed by atoms with E-state index in [4.69, 9.17) is 9.47 Å². The number of ether oxygens (including phenoxy) is 2. The maximum absolute atomic E-state index is 11.1. The third kappa shape index (κ3) is 5.81. The maximum atomic E-state index is 11.1. The van der Waals surface area contributed by atoms with E-state index in [0.29, 0.717) is 5.75 Å². The third-order valence-electron chi connectivity index (χ3n) is 3.39. The van der Waals surface area contributed by atoms with E-state index >= 15 is 0 Å². The lowest BCUT2D eigenvalue weighted by molar-refractivity contribution is -0.144. The highest BCUT2D eigenvalue weighted by atomic mass is 16.7. The summed E-state index contributed by atoms with van der Waals surface area (Å²) in [6.45, 7) is 6.56. The van der Waals surface area contributed by atoms with Crippen molar-refractivity contribution >= 4 is 11.8 Å². The number of allylic oxidation sites excluding steroid dienone is 1. The monoisotopic (exact) mass is 346 g/mol. The average Bonchev–Trinajstić information content (AvgIpc) is 2.68. The molecule has 0 radical (unpaired) electrons. The van der Waals surface area contributed by atoms with Crippen molar-refractivity contribution in [1.82, 2.24) is 0 Å². The SMILES string of the molecule is C=CC(=O)CC#Cc1ccc(-c2ccc(OCOC(=O)C=C)cc2)cc1. The summed E-state index contributed by atoms with van der Waals surface area (Å²) in [6, 6.07) is 15.1. The molecule has 0 aliphatic carbocycles. The first kappa shape index (κ1) is 18.8. The molecular formula is C22H18O4. The Balaban J connectivity index is 1.96. The van der Waals surface area contributed by atoms with Crippen LogP contribution in [0.15, 0.2) is 73.8 Å². The van der Waals surface area contributed by atoms with Crippen LogP contribution in [0.25, 0.3) is 11.1 Å². The van der Waals surface area contributed by atoms with Crippen LogP contribution >= 0.6 is 0 Å². The number of esters is 1. The van der Waals surface area contributed by atoms with E-state index in [1.807, 2.05) is 36.4 Å². The molecule has 0 unspecified atom stereocenters. The van der Waals surface area contributed by atoms with E-state index in [1.54, 1.807) is 12.1 Å². The summed E-state index contributed by atoms with van der Waals surface area (Å²) in [4.78, 5) is 22.1. The topological polar surface area (TPSA) is 52.6 Å². The summed E-state index contributed by atoms with van der Waals surface area (Å²) in [6.07, 6.45) is 2.53. The molecule has 0 N–H and O–H groups in total. The number of hydrogen-bond donors (Lipinski definition) is 0. The van der Waals surface area contributed by atoms with E-state index < -0.39 is 5.97 Å². The Labute approximate surface area is 152 Å². The molecule has 4 heteroatoms. The van der Waals surface area contributed by atoms with Crippen molar-refractivity contribution in [3.63, 3.8) is 0 Å². The molecule has 0 spiro atoms. The number of rotatable bonds is 7. The Kier molecular flexibility index (Phi) is 6.96. The lowest BCUT2D eigenvalue weighted by Gasteiger charge is -2.07. The van der Waals surface area contributed by atoms with Crippen LogP contribution in [0, 0.1) is 11.8 Å². The highest BCUT2D eigenvalue weighted by Gasteiger charge is 2.00. The Morgan fingerprint density at radius 1 is 0.923 bits per heavy atom. The number of carbonyl (C=O) groups is 2. The van der Waals surface area contributed by atoms with Crippen LogP contribution in [-0.2, 0) is 14.3 Å². The van der Waals surface area contributed by atoms with Crippen LogP contribution in [0.1, 0.15) is 12.0 Å². The molecule has 26 heavy (non-hydrogen) atoms. The Morgan fingerprint density at radius 3 is 2.12 bits per heavy atom. The van der Waals surface area contributed by atoms with Crippen molar-refractivity contribution in [2.24, 2.45) is 0 Å². The summed E-state index contributed by atoms with van der Waals surface area (Å²) in [7, 11) is 0. The predicted molar refractivity (Wildman–Crippen MR) is 100 cm³/mol. The van der Waals surface area contributed by atoms with Gasteiger partial charge in [0, 0.05) is 11.6 Å². The van der Waals surface area contributed by atoms with Gasteiger partial charge in [-0.05, 0) is 41.5 Å². The Hall–Kier alpha value is -3.58. The maximum Gasteiger partial charge on any atom is 0.333 e. The minimum absolute atomic E-state index is 0.0873. The van der Waals surface area contributed by atoms with Gasteiger partial charge in [0.15, 0.2) is 5.78 Å². The Bertz CT molecular complexity index is 850. The number of benzene rings is 2. The fourth-order valence-electron chi connectivity index (χ4n) is 2.01. The third-order valence-corrected chi connectivity index (χ3v) is 3.39. The zero-order valence-electron chi connectivity index (χ0n) is 14.2. The number of ketones is 1. The molecule has 4 nitrogen and oxygen atoms in total.